The quantitative estimate of drug-likeness (QED) is 0.847. The maximum Gasteiger partial charge on any atom is 0.239 e. The lowest BCUT2D eigenvalue weighted by molar-refractivity contribution is -0.120. The second-order valence-corrected chi connectivity index (χ2v) is 6.69. The van der Waals surface area contributed by atoms with Gasteiger partial charge in [0.25, 0.3) is 0 Å². The molecule has 1 N–H and O–H groups in total. The molecule has 3 rings (SSSR count). The van der Waals surface area contributed by atoms with Gasteiger partial charge >= 0.3 is 0 Å². The van der Waals surface area contributed by atoms with Gasteiger partial charge in [-0.1, -0.05) is 32.1 Å². The molecular formula is C12H17N5OS. The van der Waals surface area contributed by atoms with Gasteiger partial charge < -0.3 is 10.2 Å². The molecular weight excluding hydrogens is 262 g/mol. The maximum absolute atomic E-state index is 11.4. The Labute approximate surface area is 115 Å². The van der Waals surface area contributed by atoms with E-state index in [9.17, 15) is 4.79 Å². The molecule has 1 saturated heterocycles. The molecule has 0 atom stereocenters. The first-order valence-corrected chi connectivity index (χ1v) is 7.13. The van der Waals surface area contributed by atoms with Gasteiger partial charge in [0.15, 0.2) is 0 Å². The van der Waals surface area contributed by atoms with E-state index < -0.39 is 0 Å². The second kappa shape index (κ2) is 4.19. The highest BCUT2D eigenvalue weighted by atomic mass is 32.1. The van der Waals surface area contributed by atoms with E-state index in [1.807, 2.05) is 15.6 Å². The van der Waals surface area contributed by atoms with Gasteiger partial charge in [-0.05, 0) is 0 Å². The van der Waals surface area contributed by atoms with E-state index in [-0.39, 0.29) is 11.3 Å². The van der Waals surface area contributed by atoms with Crippen LogP contribution in [0.3, 0.4) is 0 Å². The number of anilines is 1. The largest absolute Gasteiger partial charge is 0.353 e. The summed E-state index contributed by atoms with van der Waals surface area (Å²) >= 11 is 1.53. The van der Waals surface area contributed by atoms with Crippen LogP contribution in [0.4, 0.5) is 5.13 Å². The zero-order chi connectivity index (χ0) is 13.6. The Kier molecular flexibility index (Phi) is 2.74. The van der Waals surface area contributed by atoms with Gasteiger partial charge in [0.2, 0.25) is 16.0 Å². The average molecular weight is 279 g/mol. The van der Waals surface area contributed by atoms with Gasteiger partial charge in [-0.25, -0.2) is 9.50 Å². The smallest absolute Gasteiger partial charge is 0.239 e. The third kappa shape index (κ3) is 2.30. The molecule has 0 aliphatic carbocycles. The molecule has 1 fully saturated rings. The van der Waals surface area contributed by atoms with Crippen LogP contribution < -0.4 is 10.2 Å². The molecule has 2 aromatic rings. The van der Waals surface area contributed by atoms with Crippen LogP contribution in [0.15, 0.2) is 6.20 Å². The van der Waals surface area contributed by atoms with Crippen molar-refractivity contribution in [3.8, 4) is 0 Å². The van der Waals surface area contributed by atoms with Crippen molar-refractivity contribution < 1.29 is 4.79 Å². The molecule has 1 aliphatic rings. The molecule has 0 aromatic carbocycles. The second-order valence-electron chi connectivity index (χ2n) is 5.76. The Balaban J connectivity index is 1.90. The fourth-order valence-electron chi connectivity index (χ4n) is 1.98. The lowest BCUT2D eigenvalue weighted by Gasteiger charge is -2.25. The van der Waals surface area contributed by atoms with E-state index in [0.717, 1.165) is 22.3 Å². The van der Waals surface area contributed by atoms with Crippen molar-refractivity contribution in [1.29, 1.82) is 0 Å². The summed E-state index contributed by atoms with van der Waals surface area (Å²) in [6.07, 6.45) is 1.97. The summed E-state index contributed by atoms with van der Waals surface area (Å²) in [5, 5.41) is 8.19. The number of carbonyl (C=O) groups excluding carboxylic acids is 1. The monoisotopic (exact) mass is 279 g/mol. The number of amides is 1. The predicted octanol–water partition coefficient (Wildman–Crippen LogP) is 1.02. The topological polar surface area (TPSA) is 62.5 Å². The molecule has 1 aliphatic heterocycles. The van der Waals surface area contributed by atoms with Crippen molar-refractivity contribution in [2.45, 2.75) is 26.2 Å². The molecule has 0 spiro atoms. The number of fused-ring (bicyclic) bond motifs is 1. The van der Waals surface area contributed by atoms with Crippen LogP contribution in [0.25, 0.3) is 4.96 Å². The number of carbonyl (C=O) groups is 1. The van der Waals surface area contributed by atoms with Gasteiger partial charge in [0, 0.05) is 18.5 Å². The molecule has 2 aromatic heterocycles. The van der Waals surface area contributed by atoms with E-state index in [4.69, 9.17) is 0 Å². The van der Waals surface area contributed by atoms with E-state index in [1.54, 1.807) is 0 Å². The highest BCUT2D eigenvalue weighted by molar-refractivity contribution is 7.20. The summed E-state index contributed by atoms with van der Waals surface area (Å²) in [5.41, 5.74) is 1.06. The first-order chi connectivity index (χ1) is 8.93. The molecule has 19 heavy (non-hydrogen) atoms. The van der Waals surface area contributed by atoms with Crippen LogP contribution in [-0.4, -0.2) is 40.1 Å². The number of nitrogens with one attached hydrogen (secondary N) is 1. The summed E-state index contributed by atoms with van der Waals surface area (Å²) in [6.45, 7) is 8.26. The molecule has 6 nitrogen and oxygen atoms in total. The number of hydrogen-bond donors (Lipinski definition) is 1. The predicted molar refractivity (Wildman–Crippen MR) is 74.8 cm³/mol. The van der Waals surface area contributed by atoms with Gasteiger partial charge in [-0.2, -0.15) is 0 Å². The summed E-state index contributed by atoms with van der Waals surface area (Å²) in [6, 6.07) is 0. The van der Waals surface area contributed by atoms with E-state index >= 15 is 0 Å². The molecule has 0 radical (unpaired) electrons. The number of imidazole rings is 1. The lowest BCUT2D eigenvalue weighted by atomic mass is 9.93. The highest BCUT2D eigenvalue weighted by Crippen LogP contribution is 2.27. The van der Waals surface area contributed by atoms with Gasteiger partial charge in [-0.15, -0.1) is 5.10 Å². The Bertz CT molecular complexity index is 592. The minimum Gasteiger partial charge on any atom is -0.353 e. The number of piperazine rings is 1. The van der Waals surface area contributed by atoms with Gasteiger partial charge in [0.1, 0.15) is 0 Å². The van der Waals surface area contributed by atoms with Crippen molar-refractivity contribution in [1.82, 2.24) is 19.9 Å². The van der Waals surface area contributed by atoms with Crippen molar-refractivity contribution >= 4 is 27.3 Å². The number of rotatable bonds is 1. The third-order valence-corrected chi connectivity index (χ3v) is 4.09. The van der Waals surface area contributed by atoms with Crippen LogP contribution in [0.1, 0.15) is 26.5 Å². The van der Waals surface area contributed by atoms with E-state index in [2.05, 4.69) is 36.2 Å². The Morgan fingerprint density at radius 1 is 1.42 bits per heavy atom. The third-order valence-electron chi connectivity index (χ3n) is 3.11. The van der Waals surface area contributed by atoms with E-state index in [1.165, 1.54) is 11.3 Å². The molecule has 0 unspecified atom stereocenters. The number of nitrogens with zero attached hydrogens (tertiary/aromatic N) is 4. The van der Waals surface area contributed by atoms with Crippen molar-refractivity contribution in [2.75, 3.05) is 24.5 Å². The molecule has 1 amide bonds. The van der Waals surface area contributed by atoms with Crippen LogP contribution in [0.2, 0.25) is 0 Å². The Hall–Kier alpha value is -1.63. The average Bonchev–Trinajstić information content (AvgIpc) is 2.85. The number of hydrogen-bond acceptors (Lipinski definition) is 5. The Morgan fingerprint density at radius 2 is 2.21 bits per heavy atom. The SMILES string of the molecule is CC(C)(C)c1cn2nc(N3CCNC(=O)C3)sc2n1. The minimum absolute atomic E-state index is 0.0264. The highest BCUT2D eigenvalue weighted by Gasteiger charge is 2.23. The molecule has 0 saturated carbocycles. The molecule has 7 heteroatoms. The molecule has 3 heterocycles. The maximum atomic E-state index is 11.4. The Morgan fingerprint density at radius 3 is 2.84 bits per heavy atom. The fourth-order valence-corrected chi connectivity index (χ4v) is 2.89. The standard InChI is InChI=1S/C12H17N5OS/c1-12(2,3)8-6-17-10(14-8)19-11(15-17)16-5-4-13-9(18)7-16/h6H,4-5,7H2,1-3H3,(H,13,18). The number of aromatic nitrogens is 3. The van der Waals surface area contributed by atoms with Crippen molar-refractivity contribution in [2.24, 2.45) is 0 Å². The fraction of sp³-hybridized carbons (Fsp3) is 0.583. The minimum atomic E-state index is 0.0264. The summed E-state index contributed by atoms with van der Waals surface area (Å²) in [7, 11) is 0. The van der Waals surface area contributed by atoms with Crippen molar-refractivity contribution in [3.05, 3.63) is 11.9 Å². The van der Waals surface area contributed by atoms with Gasteiger partial charge in [-0.3, -0.25) is 4.79 Å². The van der Waals surface area contributed by atoms with E-state index in [0.29, 0.717) is 13.1 Å². The summed E-state index contributed by atoms with van der Waals surface area (Å²) in [4.78, 5) is 18.9. The molecule has 0 bridgehead atoms. The summed E-state index contributed by atoms with van der Waals surface area (Å²) in [5.74, 6) is 0.0504. The zero-order valence-electron chi connectivity index (χ0n) is 11.3. The van der Waals surface area contributed by atoms with Crippen LogP contribution >= 0.6 is 11.3 Å². The first kappa shape index (κ1) is 12.4. The zero-order valence-corrected chi connectivity index (χ0v) is 12.1. The van der Waals surface area contributed by atoms with Crippen LogP contribution in [-0.2, 0) is 10.2 Å². The normalized spacial score (nSPS) is 17.0. The molecule has 102 valence electrons. The van der Waals surface area contributed by atoms with Crippen LogP contribution in [0.5, 0.6) is 0 Å². The van der Waals surface area contributed by atoms with Crippen LogP contribution in [0, 0.1) is 0 Å². The van der Waals surface area contributed by atoms with Gasteiger partial charge in [0.05, 0.1) is 18.4 Å². The summed E-state index contributed by atoms with van der Waals surface area (Å²) < 4.78 is 1.81. The lowest BCUT2D eigenvalue weighted by Crippen LogP contribution is -2.47. The van der Waals surface area contributed by atoms with Crippen molar-refractivity contribution in [3.63, 3.8) is 0 Å². The first-order valence-electron chi connectivity index (χ1n) is 6.32.